The highest BCUT2D eigenvalue weighted by atomic mass is 16.4. The van der Waals surface area contributed by atoms with Crippen LogP contribution in [0.1, 0.15) is 5.56 Å². The summed E-state index contributed by atoms with van der Waals surface area (Å²) in [5.41, 5.74) is 2.69. The van der Waals surface area contributed by atoms with E-state index in [1.54, 1.807) is 12.1 Å². The Morgan fingerprint density at radius 2 is 1.41 bits per heavy atom. The number of nitrogens with one attached hydrogen (secondary N) is 1. The van der Waals surface area contributed by atoms with E-state index in [1.165, 1.54) is 5.56 Å². The van der Waals surface area contributed by atoms with Crippen molar-refractivity contribution < 1.29 is 9.21 Å². The van der Waals surface area contributed by atoms with Crippen LogP contribution in [-0.4, -0.2) is 48.4 Å². The van der Waals surface area contributed by atoms with Gasteiger partial charge in [-0.2, -0.15) is 0 Å². The third kappa shape index (κ3) is 4.93. The van der Waals surface area contributed by atoms with E-state index in [0.29, 0.717) is 22.1 Å². The van der Waals surface area contributed by atoms with Gasteiger partial charge in [0.25, 0.3) is 0 Å². The average Bonchev–Trinajstić information content (AvgIpc) is 2.87. The van der Waals surface area contributed by atoms with Gasteiger partial charge in [-0.05, 0) is 23.3 Å². The van der Waals surface area contributed by atoms with Crippen LogP contribution in [0.4, 0.5) is 5.88 Å². The Hall–Kier alpha value is -3.74. The van der Waals surface area contributed by atoms with E-state index in [2.05, 4.69) is 39.4 Å². The summed E-state index contributed by atoms with van der Waals surface area (Å²) in [6.45, 7) is 4.61. The lowest BCUT2D eigenvalue weighted by molar-refractivity contribution is -0.117. The van der Waals surface area contributed by atoms with Crippen molar-refractivity contribution in [2.75, 3.05) is 38.0 Å². The van der Waals surface area contributed by atoms with E-state index < -0.39 is 0 Å². The molecule has 1 aliphatic heterocycles. The fraction of sp³-hybridized carbons (Fsp3) is 0.214. The minimum atomic E-state index is -0.188. The number of nitrogens with zero attached hydrogens (tertiary/aromatic N) is 2. The van der Waals surface area contributed by atoms with Gasteiger partial charge >= 0.3 is 0 Å². The number of anilines is 1. The van der Waals surface area contributed by atoms with Crippen LogP contribution >= 0.6 is 0 Å². The van der Waals surface area contributed by atoms with Gasteiger partial charge in [0.2, 0.25) is 17.2 Å². The SMILES string of the molecule is O=C(CN1CCN(Cc2ccccc2)CC1)Nc1oc2ccccc2c(=O)c1-c1ccccc1. The molecule has 4 aromatic rings. The molecular weight excluding hydrogens is 426 g/mol. The number of benzene rings is 3. The Kier molecular flexibility index (Phi) is 6.51. The maximum absolute atomic E-state index is 13.3. The number of piperazine rings is 1. The molecule has 6 heteroatoms. The first-order valence-electron chi connectivity index (χ1n) is 11.6. The summed E-state index contributed by atoms with van der Waals surface area (Å²) in [6, 6.07) is 26.9. The normalized spacial score (nSPS) is 14.8. The molecule has 0 radical (unpaired) electrons. The predicted octanol–water partition coefficient (Wildman–Crippen LogP) is 4.22. The molecule has 0 aliphatic carbocycles. The summed E-state index contributed by atoms with van der Waals surface area (Å²) in [7, 11) is 0. The Balaban J connectivity index is 1.29. The molecule has 2 heterocycles. The van der Waals surface area contributed by atoms with Crippen LogP contribution in [0.3, 0.4) is 0 Å². The second kappa shape index (κ2) is 10.0. The highest BCUT2D eigenvalue weighted by Crippen LogP contribution is 2.28. The fourth-order valence-corrected chi connectivity index (χ4v) is 4.41. The third-order valence-electron chi connectivity index (χ3n) is 6.19. The number of amides is 1. The van der Waals surface area contributed by atoms with Gasteiger partial charge in [-0.1, -0.05) is 72.8 Å². The molecule has 6 nitrogen and oxygen atoms in total. The molecule has 1 amide bonds. The highest BCUT2D eigenvalue weighted by Gasteiger charge is 2.22. The molecular formula is C28H27N3O3. The largest absolute Gasteiger partial charge is 0.439 e. The van der Waals surface area contributed by atoms with E-state index in [1.807, 2.05) is 48.5 Å². The molecule has 3 aromatic carbocycles. The zero-order valence-corrected chi connectivity index (χ0v) is 18.9. The number of fused-ring (bicyclic) bond motifs is 1. The molecule has 1 N–H and O–H groups in total. The summed E-state index contributed by atoms with van der Waals surface area (Å²) in [4.78, 5) is 30.8. The lowest BCUT2D eigenvalue weighted by Gasteiger charge is -2.34. The van der Waals surface area contributed by atoms with Crippen LogP contribution in [-0.2, 0) is 11.3 Å². The summed E-state index contributed by atoms with van der Waals surface area (Å²) < 4.78 is 6.01. The van der Waals surface area contributed by atoms with Crippen LogP contribution in [0, 0.1) is 0 Å². The molecule has 1 saturated heterocycles. The minimum absolute atomic E-state index is 0.155. The van der Waals surface area contributed by atoms with Crippen molar-refractivity contribution >= 4 is 22.8 Å². The molecule has 0 atom stereocenters. The topological polar surface area (TPSA) is 65.8 Å². The van der Waals surface area contributed by atoms with E-state index in [0.717, 1.165) is 32.7 Å². The van der Waals surface area contributed by atoms with Crippen molar-refractivity contribution in [2.45, 2.75) is 6.54 Å². The first-order chi connectivity index (χ1) is 16.7. The molecule has 5 rings (SSSR count). The molecule has 1 fully saturated rings. The summed E-state index contributed by atoms with van der Waals surface area (Å²) >= 11 is 0. The second-order valence-electron chi connectivity index (χ2n) is 8.58. The fourth-order valence-electron chi connectivity index (χ4n) is 4.41. The van der Waals surface area contributed by atoms with Crippen LogP contribution < -0.4 is 10.7 Å². The standard InChI is InChI=1S/C28H27N3O3/c32-25(20-31-17-15-30(16-18-31)19-21-9-3-1-4-10-21)29-28-26(22-11-5-2-6-12-22)27(33)23-13-7-8-14-24(23)34-28/h1-14H,15-20H2,(H,29,32). The first-order valence-corrected chi connectivity index (χ1v) is 11.6. The highest BCUT2D eigenvalue weighted by molar-refractivity contribution is 5.97. The van der Waals surface area contributed by atoms with Crippen molar-refractivity contribution in [3.63, 3.8) is 0 Å². The predicted molar refractivity (Wildman–Crippen MR) is 135 cm³/mol. The monoisotopic (exact) mass is 453 g/mol. The van der Waals surface area contributed by atoms with Gasteiger partial charge < -0.3 is 4.42 Å². The van der Waals surface area contributed by atoms with Crippen molar-refractivity contribution in [3.05, 3.63) is 101 Å². The molecule has 0 saturated carbocycles. The maximum Gasteiger partial charge on any atom is 0.240 e. The Morgan fingerprint density at radius 1 is 0.794 bits per heavy atom. The number of para-hydroxylation sites is 1. The number of hydrogen-bond donors (Lipinski definition) is 1. The van der Waals surface area contributed by atoms with Crippen LogP contribution in [0.2, 0.25) is 0 Å². The van der Waals surface area contributed by atoms with Gasteiger partial charge in [0.15, 0.2) is 0 Å². The van der Waals surface area contributed by atoms with Crippen molar-refractivity contribution in [1.82, 2.24) is 9.80 Å². The van der Waals surface area contributed by atoms with E-state index >= 15 is 0 Å². The summed E-state index contributed by atoms with van der Waals surface area (Å²) in [5.74, 6) is 0.00901. The number of carbonyl (C=O) groups excluding carboxylic acids is 1. The molecule has 0 unspecified atom stereocenters. The zero-order chi connectivity index (χ0) is 23.3. The van der Waals surface area contributed by atoms with Crippen LogP contribution in [0.25, 0.3) is 22.1 Å². The van der Waals surface area contributed by atoms with Crippen molar-refractivity contribution in [3.8, 4) is 11.1 Å². The summed E-state index contributed by atoms with van der Waals surface area (Å²) in [5, 5.41) is 3.37. The number of hydrogen-bond acceptors (Lipinski definition) is 5. The quantitative estimate of drug-likeness (QED) is 0.474. The van der Waals surface area contributed by atoms with Gasteiger partial charge in [0.05, 0.1) is 17.5 Å². The number of carbonyl (C=O) groups is 1. The van der Waals surface area contributed by atoms with E-state index in [9.17, 15) is 9.59 Å². The van der Waals surface area contributed by atoms with E-state index in [4.69, 9.17) is 4.42 Å². The van der Waals surface area contributed by atoms with Crippen LogP contribution in [0.5, 0.6) is 0 Å². The minimum Gasteiger partial charge on any atom is -0.439 e. The first kappa shape index (κ1) is 22.1. The smallest absolute Gasteiger partial charge is 0.240 e. The van der Waals surface area contributed by atoms with Gasteiger partial charge in [0.1, 0.15) is 5.58 Å². The summed E-state index contributed by atoms with van der Waals surface area (Å²) in [6.07, 6.45) is 0. The Labute approximate surface area is 198 Å². The Bertz CT molecular complexity index is 1330. The zero-order valence-electron chi connectivity index (χ0n) is 18.9. The second-order valence-corrected chi connectivity index (χ2v) is 8.58. The molecule has 0 spiro atoms. The molecule has 1 aromatic heterocycles. The van der Waals surface area contributed by atoms with Gasteiger partial charge in [-0.3, -0.25) is 24.7 Å². The molecule has 34 heavy (non-hydrogen) atoms. The van der Waals surface area contributed by atoms with Crippen molar-refractivity contribution in [2.24, 2.45) is 0 Å². The van der Waals surface area contributed by atoms with Crippen LogP contribution in [0.15, 0.2) is 94.1 Å². The lowest BCUT2D eigenvalue weighted by Crippen LogP contribution is -2.48. The third-order valence-corrected chi connectivity index (χ3v) is 6.19. The molecule has 172 valence electrons. The lowest BCUT2D eigenvalue weighted by atomic mass is 10.0. The van der Waals surface area contributed by atoms with Crippen molar-refractivity contribution in [1.29, 1.82) is 0 Å². The number of rotatable bonds is 6. The average molecular weight is 454 g/mol. The molecule has 0 bridgehead atoms. The van der Waals surface area contributed by atoms with Gasteiger partial charge in [0, 0.05) is 32.7 Å². The Morgan fingerprint density at radius 3 is 2.15 bits per heavy atom. The van der Waals surface area contributed by atoms with E-state index in [-0.39, 0.29) is 23.8 Å². The van der Waals surface area contributed by atoms with Gasteiger partial charge in [-0.15, -0.1) is 0 Å². The van der Waals surface area contributed by atoms with Gasteiger partial charge in [-0.25, -0.2) is 0 Å². The maximum atomic E-state index is 13.3. The molecule has 1 aliphatic rings.